The molecule has 0 fully saturated rings. The maximum atomic E-state index is 6.34. The Balaban J connectivity index is 0.00000225. The first kappa shape index (κ1) is 19.9. The molecule has 1 heterocycles. The highest BCUT2D eigenvalue weighted by Crippen LogP contribution is 2.25. The Labute approximate surface area is 172 Å². The minimum Gasteiger partial charge on any atom is -0.341 e. The van der Waals surface area contributed by atoms with Gasteiger partial charge in [-0.25, -0.2) is 4.98 Å². The highest BCUT2D eigenvalue weighted by atomic mass is 35.5. The van der Waals surface area contributed by atoms with Gasteiger partial charge < -0.3 is 10.7 Å². The van der Waals surface area contributed by atoms with E-state index in [4.69, 9.17) is 5.73 Å². The van der Waals surface area contributed by atoms with Gasteiger partial charge in [0.25, 0.3) is 0 Å². The molecule has 0 aliphatic carbocycles. The molecular weight excluding hydrogens is 366 g/mol. The Hall–Kier alpha value is -2.88. The van der Waals surface area contributed by atoms with Gasteiger partial charge in [0, 0.05) is 0 Å². The van der Waals surface area contributed by atoms with Crippen LogP contribution >= 0.6 is 12.4 Å². The molecule has 0 saturated carbocycles. The monoisotopic (exact) mass is 389 g/mol. The van der Waals surface area contributed by atoms with Crippen LogP contribution in [0.25, 0.3) is 22.4 Å². The van der Waals surface area contributed by atoms with Crippen molar-refractivity contribution in [3.8, 4) is 22.4 Å². The maximum absolute atomic E-state index is 6.34. The number of aromatic amines is 1. The minimum atomic E-state index is -0.0949. The second-order valence-electron chi connectivity index (χ2n) is 6.76. The van der Waals surface area contributed by atoms with Crippen LogP contribution in [0.2, 0.25) is 0 Å². The fourth-order valence-corrected chi connectivity index (χ4v) is 3.25. The molecule has 3 N–H and O–H groups in total. The Kier molecular flexibility index (Phi) is 6.64. The van der Waals surface area contributed by atoms with Crippen LogP contribution in [0.15, 0.2) is 91.1 Å². The van der Waals surface area contributed by atoms with Crippen molar-refractivity contribution in [3.63, 3.8) is 0 Å². The van der Waals surface area contributed by atoms with Gasteiger partial charge >= 0.3 is 0 Å². The van der Waals surface area contributed by atoms with Crippen molar-refractivity contribution < 1.29 is 0 Å². The second-order valence-corrected chi connectivity index (χ2v) is 6.76. The lowest BCUT2D eigenvalue weighted by atomic mass is 10.0. The van der Waals surface area contributed by atoms with Crippen molar-refractivity contribution in [1.29, 1.82) is 0 Å². The van der Waals surface area contributed by atoms with Gasteiger partial charge in [0.15, 0.2) is 0 Å². The number of nitrogens with zero attached hydrogens (tertiary/aromatic N) is 1. The van der Waals surface area contributed by atoms with Crippen LogP contribution in [-0.2, 0) is 6.42 Å². The molecule has 0 aliphatic rings. The number of H-pyrrole nitrogens is 1. The van der Waals surface area contributed by atoms with Crippen molar-refractivity contribution in [3.05, 3.63) is 103 Å². The van der Waals surface area contributed by atoms with Crippen LogP contribution in [0, 0.1) is 0 Å². The molecule has 142 valence electrons. The smallest absolute Gasteiger partial charge is 0.123 e. The Morgan fingerprint density at radius 1 is 0.750 bits per heavy atom. The van der Waals surface area contributed by atoms with E-state index in [0.29, 0.717) is 0 Å². The average molecular weight is 390 g/mol. The van der Waals surface area contributed by atoms with Crippen LogP contribution in [0.5, 0.6) is 0 Å². The number of aryl methyl sites for hydroxylation is 1. The number of benzene rings is 3. The molecule has 0 spiro atoms. The molecule has 4 heteroatoms. The fourth-order valence-electron chi connectivity index (χ4n) is 3.25. The second kappa shape index (κ2) is 9.36. The van der Waals surface area contributed by atoms with Gasteiger partial charge in [-0.3, -0.25) is 0 Å². The standard InChI is InChI=1S/C24H23N3.ClH/c25-22(16-11-18-7-3-1-4-8-18)24-26-17-23(27-24)21-14-12-20(13-15-21)19-9-5-2-6-10-19;/h1-10,12-15,17,22H,11,16,25H2,(H,26,27);1H/t22-;/m1./s1. The molecule has 0 unspecified atom stereocenters. The number of rotatable bonds is 6. The van der Waals surface area contributed by atoms with Crippen molar-refractivity contribution in [2.24, 2.45) is 5.73 Å². The van der Waals surface area contributed by atoms with Gasteiger partial charge in [0.05, 0.1) is 17.9 Å². The number of hydrogen-bond donors (Lipinski definition) is 2. The molecule has 1 aromatic heterocycles. The van der Waals surface area contributed by atoms with Crippen LogP contribution in [0.1, 0.15) is 23.9 Å². The third-order valence-corrected chi connectivity index (χ3v) is 4.84. The van der Waals surface area contributed by atoms with Gasteiger partial charge in [-0.05, 0) is 35.1 Å². The summed E-state index contributed by atoms with van der Waals surface area (Å²) in [6.07, 6.45) is 3.68. The Morgan fingerprint density at radius 2 is 1.32 bits per heavy atom. The molecule has 28 heavy (non-hydrogen) atoms. The average Bonchev–Trinajstić information content (AvgIpc) is 3.24. The highest BCUT2D eigenvalue weighted by Gasteiger charge is 2.11. The lowest BCUT2D eigenvalue weighted by Gasteiger charge is -2.09. The highest BCUT2D eigenvalue weighted by molar-refractivity contribution is 5.85. The Bertz CT molecular complexity index is 979. The summed E-state index contributed by atoms with van der Waals surface area (Å²) in [4.78, 5) is 7.89. The van der Waals surface area contributed by atoms with E-state index in [2.05, 4.69) is 82.8 Å². The molecule has 0 saturated heterocycles. The normalized spacial score (nSPS) is 11.6. The van der Waals surface area contributed by atoms with Crippen molar-refractivity contribution in [1.82, 2.24) is 9.97 Å². The number of halogens is 1. The van der Waals surface area contributed by atoms with Crippen LogP contribution in [0.3, 0.4) is 0 Å². The largest absolute Gasteiger partial charge is 0.341 e. The van der Waals surface area contributed by atoms with Crippen LogP contribution in [-0.4, -0.2) is 9.97 Å². The molecule has 4 aromatic rings. The molecule has 4 rings (SSSR count). The van der Waals surface area contributed by atoms with E-state index in [-0.39, 0.29) is 18.4 Å². The lowest BCUT2D eigenvalue weighted by Crippen LogP contribution is -2.13. The molecule has 1 atom stereocenters. The number of nitrogens with one attached hydrogen (secondary N) is 1. The van der Waals surface area contributed by atoms with Crippen LogP contribution in [0.4, 0.5) is 0 Å². The van der Waals surface area contributed by atoms with Crippen molar-refractivity contribution in [2.75, 3.05) is 0 Å². The maximum Gasteiger partial charge on any atom is 0.123 e. The summed E-state index contributed by atoms with van der Waals surface area (Å²) < 4.78 is 0. The summed E-state index contributed by atoms with van der Waals surface area (Å²) in [6.45, 7) is 0. The number of nitrogens with two attached hydrogens (primary N) is 1. The van der Waals surface area contributed by atoms with E-state index in [1.165, 1.54) is 16.7 Å². The first-order valence-corrected chi connectivity index (χ1v) is 9.30. The summed E-state index contributed by atoms with van der Waals surface area (Å²) in [5, 5.41) is 0. The predicted molar refractivity (Wildman–Crippen MR) is 118 cm³/mol. The zero-order valence-corrected chi connectivity index (χ0v) is 16.4. The molecule has 3 aromatic carbocycles. The third-order valence-electron chi connectivity index (χ3n) is 4.84. The van der Waals surface area contributed by atoms with Gasteiger partial charge in [0.1, 0.15) is 5.82 Å². The van der Waals surface area contributed by atoms with E-state index in [1.807, 2.05) is 18.3 Å². The van der Waals surface area contributed by atoms with Gasteiger partial charge in [-0.2, -0.15) is 0 Å². The molecule has 0 bridgehead atoms. The van der Waals surface area contributed by atoms with Gasteiger partial charge in [-0.1, -0.05) is 84.9 Å². The summed E-state index contributed by atoms with van der Waals surface area (Å²) >= 11 is 0. The SMILES string of the molecule is Cl.N[C@H](CCc1ccccc1)c1ncc(-c2ccc(-c3ccccc3)cc2)[nH]1. The molecule has 0 aliphatic heterocycles. The minimum absolute atomic E-state index is 0. The van der Waals surface area contributed by atoms with E-state index in [9.17, 15) is 0 Å². The van der Waals surface area contributed by atoms with E-state index >= 15 is 0 Å². The third kappa shape index (κ3) is 4.69. The summed E-state index contributed by atoms with van der Waals surface area (Å²) in [7, 11) is 0. The Morgan fingerprint density at radius 3 is 2.00 bits per heavy atom. The summed E-state index contributed by atoms with van der Waals surface area (Å²) in [6, 6.07) is 29.2. The zero-order valence-electron chi connectivity index (χ0n) is 15.6. The van der Waals surface area contributed by atoms with E-state index in [0.717, 1.165) is 29.9 Å². The van der Waals surface area contributed by atoms with Crippen molar-refractivity contribution >= 4 is 12.4 Å². The lowest BCUT2D eigenvalue weighted by molar-refractivity contribution is 0.619. The predicted octanol–water partition coefficient (Wildman–Crippen LogP) is 5.80. The molecule has 3 nitrogen and oxygen atoms in total. The summed E-state index contributed by atoms with van der Waals surface area (Å²) in [5.74, 6) is 0.841. The quantitative estimate of drug-likeness (QED) is 0.438. The molecule has 0 amide bonds. The van der Waals surface area contributed by atoms with E-state index in [1.54, 1.807) is 0 Å². The molecular formula is C24H24ClN3. The molecule has 0 radical (unpaired) electrons. The van der Waals surface area contributed by atoms with Gasteiger partial charge in [0.2, 0.25) is 0 Å². The topological polar surface area (TPSA) is 54.7 Å². The number of hydrogen-bond acceptors (Lipinski definition) is 2. The fraction of sp³-hybridized carbons (Fsp3) is 0.125. The number of aromatic nitrogens is 2. The number of imidazole rings is 1. The zero-order chi connectivity index (χ0) is 18.5. The first-order chi connectivity index (χ1) is 13.3. The summed E-state index contributed by atoms with van der Waals surface area (Å²) in [5.41, 5.74) is 12.2. The van der Waals surface area contributed by atoms with Crippen LogP contribution < -0.4 is 5.73 Å². The van der Waals surface area contributed by atoms with E-state index < -0.39 is 0 Å². The van der Waals surface area contributed by atoms with Crippen molar-refractivity contribution in [2.45, 2.75) is 18.9 Å². The first-order valence-electron chi connectivity index (χ1n) is 9.30. The van der Waals surface area contributed by atoms with Gasteiger partial charge in [-0.15, -0.1) is 12.4 Å².